The molecule has 4 fully saturated rings. The van der Waals surface area contributed by atoms with Crippen molar-refractivity contribution in [2.45, 2.75) is 56.9 Å². The van der Waals surface area contributed by atoms with E-state index < -0.39 is 0 Å². The standard InChI is InChI=1S/C23H28ClN3O/c1-15(19-5-3-2-4-6-19)13-25-20-14-26-27(22(28)21(20)24)23-10-16-7-17(11-23)9-18(8-16)12-23/h2-6,14-18,25H,7-13H2,1H3. The van der Waals surface area contributed by atoms with Crippen LogP contribution in [0.5, 0.6) is 0 Å². The molecular formula is C23H28ClN3O. The second-order valence-electron chi connectivity index (χ2n) is 9.42. The van der Waals surface area contributed by atoms with Crippen molar-refractivity contribution >= 4 is 17.3 Å². The van der Waals surface area contributed by atoms with Crippen LogP contribution >= 0.6 is 11.6 Å². The molecule has 4 nitrogen and oxygen atoms in total. The van der Waals surface area contributed by atoms with E-state index in [4.69, 9.17) is 11.6 Å². The fraction of sp³-hybridized carbons (Fsp3) is 0.565. The van der Waals surface area contributed by atoms with Gasteiger partial charge in [-0.25, -0.2) is 4.68 Å². The Balaban J connectivity index is 1.37. The van der Waals surface area contributed by atoms with Gasteiger partial charge in [-0.15, -0.1) is 0 Å². The van der Waals surface area contributed by atoms with Gasteiger partial charge in [-0.3, -0.25) is 4.79 Å². The van der Waals surface area contributed by atoms with Crippen LogP contribution in [0.25, 0.3) is 0 Å². The molecule has 148 valence electrons. The van der Waals surface area contributed by atoms with E-state index in [0.29, 0.717) is 18.2 Å². The smallest absolute Gasteiger partial charge is 0.288 e. The van der Waals surface area contributed by atoms with E-state index in [0.717, 1.165) is 37.0 Å². The summed E-state index contributed by atoms with van der Waals surface area (Å²) >= 11 is 6.53. The highest BCUT2D eigenvalue weighted by Gasteiger charge is 2.53. The van der Waals surface area contributed by atoms with E-state index in [9.17, 15) is 4.79 Å². The number of benzene rings is 1. The molecule has 28 heavy (non-hydrogen) atoms. The molecule has 2 aromatic rings. The summed E-state index contributed by atoms with van der Waals surface area (Å²) in [5.74, 6) is 2.62. The molecule has 1 aromatic carbocycles. The van der Waals surface area contributed by atoms with E-state index in [1.54, 1.807) is 10.9 Å². The van der Waals surface area contributed by atoms with Crippen molar-refractivity contribution in [3.05, 3.63) is 57.5 Å². The first kappa shape index (κ1) is 18.2. The monoisotopic (exact) mass is 397 g/mol. The Morgan fingerprint density at radius 2 is 1.75 bits per heavy atom. The van der Waals surface area contributed by atoms with Gasteiger partial charge < -0.3 is 5.32 Å². The van der Waals surface area contributed by atoms with Crippen molar-refractivity contribution < 1.29 is 0 Å². The van der Waals surface area contributed by atoms with Gasteiger partial charge in [0.2, 0.25) is 0 Å². The van der Waals surface area contributed by atoms with Gasteiger partial charge in [-0.2, -0.15) is 5.10 Å². The molecule has 1 aromatic heterocycles. The van der Waals surface area contributed by atoms with Crippen molar-refractivity contribution in [3.63, 3.8) is 0 Å². The van der Waals surface area contributed by atoms with Crippen LogP contribution in [0, 0.1) is 17.8 Å². The predicted octanol–water partition coefficient (Wildman–Crippen LogP) is 5.04. The molecule has 1 unspecified atom stereocenters. The van der Waals surface area contributed by atoms with Crippen molar-refractivity contribution in [2.24, 2.45) is 17.8 Å². The van der Waals surface area contributed by atoms with E-state index in [2.05, 4.69) is 29.5 Å². The summed E-state index contributed by atoms with van der Waals surface area (Å²) < 4.78 is 1.76. The summed E-state index contributed by atoms with van der Waals surface area (Å²) in [4.78, 5) is 13.1. The number of hydrogen-bond acceptors (Lipinski definition) is 3. The normalized spacial score (nSPS) is 31.7. The summed E-state index contributed by atoms with van der Waals surface area (Å²) in [7, 11) is 0. The molecule has 6 rings (SSSR count). The van der Waals surface area contributed by atoms with Gasteiger partial charge >= 0.3 is 0 Å². The molecule has 5 heteroatoms. The molecule has 4 saturated carbocycles. The topological polar surface area (TPSA) is 46.9 Å². The molecular weight excluding hydrogens is 370 g/mol. The van der Waals surface area contributed by atoms with Crippen molar-refractivity contribution in [1.29, 1.82) is 0 Å². The molecule has 1 N–H and O–H groups in total. The number of rotatable bonds is 5. The lowest BCUT2D eigenvalue weighted by atomic mass is 9.53. The quantitative estimate of drug-likeness (QED) is 0.768. The number of anilines is 1. The summed E-state index contributed by atoms with van der Waals surface area (Å²) in [6.45, 7) is 2.88. The van der Waals surface area contributed by atoms with Gasteiger partial charge in [0.05, 0.1) is 17.4 Å². The Kier molecular flexibility index (Phi) is 4.50. The van der Waals surface area contributed by atoms with Gasteiger partial charge in [0.1, 0.15) is 5.02 Å². The third-order valence-corrected chi connectivity index (χ3v) is 7.71. The first-order valence-corrected chi connectivity index (χ1v) is 11.0. The molecule has 0 radical (unpaired) electrons. The number of aromatic nitrogens is 2. The number of nitrogens with one attached hydrogen (secondary N) is 1. The molecule has 0 amide bonds. The minimum atomic E-state index is -0.124. The first-order valence-electron chi connectivity index (χ1n) is 10.6. The molecule has 0 spiro atoms. The molecule has 1 atom stereocenters. The fourth-order valence-corrected chi connectivity index (χ4v) is 6.58. The van der Waals surface area contributed by atoms with Gasteiger partial charge in [0.25, 0.3) is 5.56 Å². The lowest BCUT2D eigenvalue weighted by molar-refractivity contribution is -0.0518. The number of hydrogen-bond donors (Lipinski definition) is 1. The maximum absolute atomic E-state index is 13.1. The third kappa shape index (κ3) is 3.06. The van der Waals surface area contributed by atoms with Crippen LogP contribution in [0.15, 0.2) is 41.3 Å². The molecule has 4 bridgehead atoms. The minimum Gasteiger partial charge on any atom is -0.382 e. The Morgan fingerprint density at radius 1 is 1.14 bits per heavy atom. The van der Waals surface area contributed by atoms with E-state index in [-0.39, 0.29) is 16.1 Å². The second kappa shape index (κ2) is 6.91. The van der Waals surface area contributed by atoms with Crippen molar-refractivity contribution in [1.82, 2.24) is 9.78 Å². The van der Waals surface area contributed by atoms with E-state index in [1.165, 1.54) is 24.8 Å². The zero-order valence-electron chi connectivity index (χ0n) is 16.4. The average molecular weight is 398 g/mol. The van der Waals surface area contributed by atoms with E-state index in [1.807, 2.05) is 18.2 Å². The van der Waals surface area contributed by atoms with Crippen LogP contribution in [0.4, 0.5) is 5.69 Å². The van der Waals surface area contributed by atoms with Gasteiger partial charge in [0, 0.05) is 6.54 Å². The van der Waals surface area contributed by atoms with Crippen LogP contribution < -0.4 is 10.9 Å². The zero-order chi connectivity index (χ0) is 19.3. The second-order valence-corrected chi connectivity index (χ2v) is 9.80. The van der Waals surface area contributed by atoms with Crippen LogP contribution in [0.2, 0.25) is 5.02 Å². The SMILES string of the molecule is CC(CNc1cnn(C23CC4CC(CC(C4)C2)C3)c(=O)c1Cl)c1ccccc1. The molecule has 1 heterocycles. The highest BCUT2D eigenvalue weighted by atomic mass is 35.5. The predicted molar refractivity (Wildman–Crippen MR) is 113 cm³/mol. The Morgan fingerprint density at radius 3 is 2.36 bits per heavy atom. The highest BCUT2D eigenvalue weighted by Crippen LogP contribution is 2.58. The third-order valence-electron chi connectivity index (χ3n) is 7.34. The minimum absolute atomic E-state index is 0.0919. The Labute approximate surface area is 171 Å². The molecule has 4 aliphatic rings. The molecule has 4 aliphatic carbocycles. The van der Waals surface area contributed by atoms with Crippen molar-refractivity contribution in [2.75, 3.05) is 11.9 Å². The van der Waals surface area contributed by atoms with Crippen molar-refractivity contribution in [3.8, 4) is 0 Å². The average Bonchev–Trinajstić information content (AvgIpc) is 2.68. The lowest BCUT2D eigenvalue weighted by Gasteiger charge is -2.56. The number of nitrogens with zero attached hydrogens (tertiary/aromatic N) is 2. The van der Waals surface area contributed by atoms with E-state index >= 15 is 0 Å². The zero-order valence-corrected chi connectivity index (χ0v) is 17.2. The summed E-state index contributed by atoms with van der Waals surface area (Å²) in [5, 5.41) is 8.27. The largest absolute Gasteiger partial charge is 0.382 e. The Hall–Kier alpha value is -1.81. The fourth-order valence-electron chi connectivity index (χ4n) is 6.38. The number of halogens is 1. The van der Waals surface area contributed by atoms with Gasteiger partial charge in [0.15, 0.2) is 0 Å². The molecule has 0 saturated heterocycles. The summed E-state index contributed by atoms with van der Waals surface area (Å²) in [6.07, 6.45) is 9.09. The van der Waals surface area contributed by atoms with Crippen LogP contribution in [0.1, 0.15) is 56.9 Å². The van der Waals surface area contributed by atoms with Gasteiger partial charge in [-0.1, -0.05) is 48.9 Å². The maximum atomic E-state index is 13.1. The Bertz CT molecular complexity index is 888. The van der Waals surface area contributed by atoms with Gasteiger partial charge in [-0.05, 0) is 67.8 Å². The van der Waals surface area contributed by atoms with Crippen LogP contribution in [-0.4, -0.2) is 16.3 Å². The highest BCUT2D eigenvalue weighted by molar-refractivity contribution is 6.32. The summed E-state index contributed by atoms with van der Waals surface area (Å²) in [6, 6.07) is 10.4. The lowest BCUT2D eigenvalue weighted by Crippen LogP contribution is -2.55. The maximum Gasteiger partial charge on any atom is 0.288 e. The van der Waals surface area contributed by atoms with Crippen LogP contribution in [-0.2, 0) is 5.54 Å². The summed E-state index contributed by atoms with van der Waals surface area (Å²) in [5.41, 5.74) is 1.70. The van der Waals surface area contributed by atoms with Crippen LogP contribution in [0.3, 0.4) is 0 Å². The molecule has 0 aliphatic heterocycles. The first-order chi connectivity index (χ1) is 13.5.